The molecule has 294 valence electrons. The quantitative estimate of drug-likeness (QED) is 0.0457. The van der Waals surface area contributed by atoms with Crippen LogP contribution < -0.4 is 0 Å². The molecule has 0 aliphatic rings. The van der Waals surface area contributed by atoms with Gasteiger partial charge in [-0.15, -0.1) is 0 Å². The van der Waals surface area contributed by atoms with Gasteiger partial charge in [0.2, 0.25) is 0 Å². The first-order chi connectivity index (χ1) is 27.4. The van der Waals surface area contributed by atoms with Gasteiger partial charge in [0.15, 0.2) is 11.6 Å². The molecule has 0 aromatic heterocycles. The lowest BCUT2D eigenvalue weighted by Gasteiger charge is -2.14. The van der Waals surface area contributed by atoms with Crippen LogP contribution in [-0.4, -0.2) is 11.6 Å². The Hall–Kier alpha value is -3.60. The first-order valence-corrected chi connectivity index (χ1v) is 22.9. The van der Waals surface area contributed by atoms with Crippen LogP contribution in [0.4, 0.5) is 0 Å². The third-order valence-electron chi connectivity index (χ3n) is 11.1. The Morgan fingerprint density at radius 1 is 0.393 bits per heavy atom. The molecule has 2 nitrogen and oxygen atoms in total. The van der Waals surface area contributed by atoms with Gasteiger partial charge in [0.25, 0.3) is 0 Å². The number of ketones is 2. The summed E-state index contributed by atoms with van der Waals surface area (Å²) in [5.74, 6) is -0.190. The van der Waals surface area contributed by atoms with Crippen molar-refractivity contribution in [2.75, 3.05) is 0 Å². The average molecular weight is 877 g/mol. The van der Waals surface area contributed by atoms with E-state index in [9.17, 15) is 9.59 Å². The van der Waals surface area contributed by atoms with E-state index >= 15 is 0 Å². The maximum atomic E-state index is 14.2. The first-order valence-electron chi connectivity index (χ1n) is 21.4. The number of unbranched alkanes of at least 4 members (excludes halogenated alkanes) is 14. The molecule has 0 aliphatic heterocycles. The van der Waals surface area contributed by atoms with Gasteiger partial charge in [0.05, 0.1) is 0 Å². The van der Waals surface area contributed by atoms with Crippen molar-refractivity contribution in [2.45, 2.75) is 129 Å². The summed E-state index contributed by atoms with van der Waals surface area (Å²) < 4.78 is 1.18. The molecule has 0 saturated carbocycles. The predicted molar refractivity (Wildman–Crippen MR) is 245 cm³/mol. The number of halogens is 2. The molecule has 5 aromatic carbocycles. The highest BCUT2D eigenvalue weighted by molar-refractivity contribution is 9.11. The third kappa shape index (κ3) is 12.7. The molecule has 0 heterocycles. The van der Waals surface area contributed by atoms with E-state index in [-0.39, 0.29) is 11.6 Å². The fraction of sp³-hybridized carbons (Fsp3) is 0.385. The lowest BCUT2D eigenvalue weighted by atomic mass is 9.91. The van der Waals surface area contributed by atoms with E-state index in [0.29, 0.717) is 31.2 Å². The summed E-state index contributed by atoms with van der Waals surface area (Å²) in [6.45, 7) is 4.53. The summed E-state index contributed by atoms with van der Waals surface area (Å²) in [4.78, 5) is 28.4. The molecule has 0 bridgehead atoms. The summed E-state index contributed by atoms with van der Waals surface area (Å²) in [5, 5.41) is 0. The molecule has 0 atom stereocenters. The molecule has 0 spiro atoms. The third-order valence-corrected chi connectivity index (χ3v) is 12.4. The van der Waals surface area contributed by atoms with Gasteiger partial charge in [0.1, 0.15) is 0 Å². The van der Waals surface area contributed by atoms with Crippen molar-refractivity contribution >= 4 is 43.4 Å². The highest BCUT2D eigenvalue weighted by Crippen LogP contribution is 2.34. The summed E-state index contributed by atoms with van der Waals surface area (Å²) in [5.41, 5.74) is 8.79. The average Bonchev–Trinajstić information content (AvgIpc) is 3.23. The van der Waals surface area contributed by atoms with Gasteiger partial charge in [-0.2, -0.15) is 0 Å². The van der Waals surface area contributed by atoms with Gasteiger partial charge in [-0.05, 0) is 71.2 Å². The van der Waals surface area contributed by atoms with E-state index in [4.69, 9.17) is 0 Å². The van der Waals surface area contributed by atoms with Crippen molar-refractivity contribution in [3.63, 3.8) is 0 Å². The van der Waals surface area contributed by atoms with Crippen LogP contribution in [0.1, 0.15) is 160 Å². The van der Waals surface area contributed by atoms with E-state index in [0.717, 1.165) is 35.1 Å². The van der Waals surface area contributed by atoms with E-state index in [2.05, 4.69) is 94.2 Å². The van der Waals surface area contributed by atoms with E-state index < -0.39 is 0 Å². The van der Waals surface area contributed by atoms with Crippen molar-refractivity contribution < 1.29 is 9.59 Å². The highest BCUT2D eigenvalue weighted by atomic mass is 79.9. The van der Waals surface area contributed by atoms with Crippen molar-refractivity contribution in [3.05, 3.63) is 152 Å². The topological polar surface area (TPSA) is 34.1 Å². The van der Waals surface area contributed by atoms with Gasteiger partial charge >= 0.3 is 0 Å². The summed E-state index contributed by atoms with van der Waals surface area (Å²) in [6, 6.07) is 36.5. The van der Waals surface area contributed by atoms with Crippen molar-refractivity contribution in [1.29, 1.82) is 0 Å². The second-order valence-corrected chi connectivity index (χ2v) is 17.1. The molecule has 4 heteroatoms. The second-order valence-electron chi connectivity index (χ2n) is 15.4. The number of rotatable bonds is 24. The number of aryl methyl sites for hydroxylation is 2. The normalized spacial score (nSPS) is 11.2. The molecule has 0 saturated heterocycles. The minimum absolute atomic E-state index is 0.0948. The largest absolute Gasteiger partial charge is 0.289 e. The molecule has 0 amide bonds. The monoisotopic (exact) mass is 874 g/mol. The molecule has 0 radical (unpaired) electrons. The van der Waals surface area contributed by atoms with Crippen LogP contribution in [0.25, 0.3) is 22.3 Å². The zero-order valence-electron chi connectivity index (χ0n) is 33.7. The van der Waals surface area contributed by atoms with Crippen LogP contribution in [0.3, 0.4) is 0 Å². The van der Waals surface area contributed by atoms with Crippen LogP contribution in [0.15, 0.2) is 118 Å². The van der Waals surface area contributed by atoms with Gasteiger partial charge in [0, 0.05) is 31.2 Å². The van der Waals surface area contributed by atoms with Crippen LogP contribution >= 0.6 is 31.9 Å². The van der Waals surface area contributed by atoms with E-state index in [1.807, 2.05) is 48.5 Å². The molecule has 0 aliphatic carbocycles. The van der Waals surface area contributed by atoms with E-state index in [1.54, 1.807) is 12.1 Å². The SMILES string of the molecule is CCCCCCCCCCc1ccc(-c2ccccc2C(=O)c2cc(Br)c(C(=O)c3ccccc3-c3ccc(CCCCCCCCCC)cc3)cc2Br)cc1. The fourth-order valence-electron chi connectivity index (χ4n) is 7.68. The van der Waals surface area contributed by atoms with E-state index in [1.165, 1.54) is 114 Å². The van der Waals surface area contributed by atoms with Crippen molar-refractivity contribution in [3.8, 4) is 22.3 Å². The Labute approximate surface area is 354 Å². The van der Waals surface area contributed by atoms with Crippen LogP contribution in [0.2, 0.25) is 0 Å². The zero-order chi connectivity index (χ0) is 39.5. The minimum atomic E-state index is -0.0948. The van der Waals surface area contributed by atoms with Gasteiger partial charge in [-0.1, -0.05) is 233 Å². The van der Waals surface area contributed by atoms with Gasteiger partial charge < -0.3 is 0 Å². The molecule has 5 aromatic rings. The molecule has 0 fully saturated rings. The maximum Gasteiger partial charge on any atom is 0.194 e. The van der Waals surface area contributed by atoms with Crippen molar-refractivity contribution in [1.82, 2.24) is 0 Å². The van der Waals surface area contributed by atoms with Crippen LogP contribution in [0.5, 0.6) is 0 Å². The predicted octanol–water partition coefficient (Wildman–Crippen LogP) is 16.4. The number of benzene rings is 5. The molecular formula is C52H60Br2O2. The number of hydrogen-bond acceptors (Lipinski definition) is 2. The van der Waals surface area contributed by atoms with Crippen LogP contribution in [0, 0.1) is 0 Å². The van der Waals surface area contributed by atoms with Crippen molar-refractivity contribution in [2.24, 2.45) is 0 Å². The molecule has 0 unspecified atom stereocenters. The first kappa shape index (κ1) is 43.5. The highest BCUT2D eigenvalue weighted by Gasteiger charge is 2.23. The number of carbonyl (C=O) groups excluding carboxylic acids is 2. The Bertz CT molecular complexity index is 1830. The zero-order valence-corrected chi connectivity index (χ0v) is 36.9. The minimum Gasteiger partial charge on any atom is -0.289 e. The fourth-order valence-corrected chi connectivity index (χ4v) is 8.73. The second kappa shape index (κ2) is 23.6. The van der Waals surface area contributed by atoms with Gasteiger partial charge in [-0.25, -0.2) is 0 Å². The summed E-state index contributed by atoms with van der Waals surface area (Å²) >= 11 is 7.37. The number of carbonyl (C=O) groups is 2. The lowest BCUT2D eigenvalue weighted by molar-refractivity contribution is 0.102. The smallest absolute Gasteiger partial charge is 0.194 e. The van der Waals surface area contributed by atoms with Crippen LogP contribution in [-0.2, 0) is 12.8 Å². The number of hydrogen-bond donors (Lipinski definition) is 0. The summed E-state index contributed by atoms with van der Waals surface area (Å²) in [7, 11) is 0. The Kier molecular flexibility index (Phi) is 18.3. The van der Waals surface area contributed by atoms with Gasteiger partial charge in [-0.3, -0.25) is 9.59 Å². The lowest BCUT2D eigenvalue weighted by Crippen LogP contribution is -2.09. The molecular weight excluding hydrogens is 816 g/mol. The standard InChI is InChI=1S/C52H60Br2O2/c1-3-5-7-9-11-13-15-17-23-39-29-33-41(34-30-39)43-25-19-21-27-45(43)51(55)47-37-50(54)48(38-49(47)53)52(56)46-28-22-20-26-44(46)42-35-31-40(32-36-42)24-18-16-14-12-10-8-6-4-2/h19-22,25-38H,3-18,23-24H2,1-2H3. The Morgan fingerprint density at radius 2 is 0.714 bits per heavy atom. The summed E-state index contributed by atoms with van der Waals surface area (Å²) in [6.07, 6.45) is 23.2. The molecule has 56 heavy (non-hydrogen) atoms. The maximum absolute atomic E-state index is 14.2. The Morgan fingerprint density at radius 3 is 1.07 bits per heavy atom. The Balaban J connectivity index is 1.24. The molecule has 5 rings (SSSR count). The molecule has 0 N–H and O–H groups in total.